The topological polar surface area (TPSA) is 142 Å². The first-order valence-corrected chi connectivity index (χ1v) is 21.0. The van der Waals surface area contributed by atoms with Crippen LogP contribution in [-0.2, 0) is 43.4 Å². The molecule has 4 N–H and O–H groups in total. The highest BCUT2D eigenvalue weighted by molar-refractivity contribution is 5.93. The summed E-state index contributed by atoms with van der Waals surface area (Å²) in [6, 6.07) is 42.2. The Morgan fingerprint density at radius 1 is 0.836 bits per heavy atom. The van der Waals surface area contributed by atoms with Crippen LogP contribution in [0.4, 0.5) is 10.5 Å². The zero-order chi connectivity index (χ0) is 42.2. The van der Waals surface area contributed by atoms with Crippen LogP contribution in [0.15, 0.2) is 133 Å². The van der Waals surface area contributed by atoms with Gasteiger partial charge in [0.15, 0.2) is 6.29 Å². The second-order valence-electron chi connectivity index (χ2n) is 16.0. The second kappa shape index (κ2) is 19.1. The molecule has 3 aliphatic rings. The molecule has 0 aliphatic carbocycles. The molecule has 0 bridgehead atoms. The predicted molar refractivity (Wildman–Crippen MR) is 232 cm³/mol. The van der Waals surface area contributed by atoms with Crippen LogP contribution < -0.4 is 20.9 Å². The van der Waals surface area contributed by atoms with Gasteiger partial charge in [-0.05, 0) is 58.4 Å². The summed E-state index contributed by atoms with van der Waals surface area (Å²) < 4.78 is 18.4. The van der Waals surface area contributed by atoms with Crippen LogP contribution in [0, 0.1) is 0 Å². The highest BCUT2D eigenvalue weighted by Crippen LogP contribution is 2.40. The number of hydrogen-bond donors (Lipinski definition) is 4. The molecule has 3 fully saturated rings. The number of methoxy groups -OCH3 is 1. The third-order valence-corrected chi connectivity index (χ3v) is 12.2. The first-order valence-electron chi connectivity index (χ1n) is 21.0. The third-order valence-electron chi connectivity index (χ3n) is 12.2. The number of para-hydroxylation sites is 1. The normalized spacial score (nSPS) is 20.5. The number of amides is 3. The van der Waals surface area contributed by atoms with Gasteiger partial charge in [0, 0.05) is 50.3 Å². The number of benzene rings is 5. The highest BCUT2D eigenvalue weighted by atomic mass is 16.7. The number of hydrogen-bond acceptors (Lipinski definition) is 9. The monoisotopic (exact) mass is 823 g/mol. The lowest BCUT2D eigenvalue weighted by atomic mass is 9.85. The number of urea groups is 1. The van der Waals surface area contributed by atoms with Crippen LogP contribution >= 0.6 is 0 Å². The number of aliphatic hydroxyl groups excluding tert-OH is 1. The maximum Gasteiger partial charge on any atom is 0.328 e. The molecule has 0 saturated carbocycles. The van der Waals surface area contributed by atoms with Crippen molar-refractivity contribution in [2.75, 3.05) is 38.3 Å². The first-order chi connectivity index (χ1) is 29.8. The Kier molecular flexibility index (Phi) is 13.1. The van der Waals surface area contributed by atoms with E-state index >= 15 is 0 Å². The number of anilines is 1. The largest absolute Gasteiger partial charge is 0.467 e. The minimum Gasteiger partial charge on any atom is -0.467 e. The molecular weight excluding hydrogens is 771 g/mol. The van der Waals surface area contributed by atoms with Gasteiger partial charge >= 0.3 is 12.0 Å². The Morgan fingerprint density at radius 3 is 2.21 bits per heavy atom. The van der Waals surface area contributed by atoms with Crippen molar-refractivity contribution in [1.29, 1.82) is 0 Å². The molecule has 5 aromatic carbocycles. The molecule has 4 atom stereocenters. The Bertz CT molecular complexity index is 2250. The van der Waals surface area contributed by atoms with Crippen LogP contribution in [0.1, 0.15) is 59.5 Å². The number of carbonyl (C=O) groups is 3. The average Bonchev–Trinajstić information content (AvgIpc) is 3.63. The van der Waals surface area contributed by atoms with Crippen LogP contribution in [0.2, 0.25) is 0 Å². The van der Waals surface area contributed by atoms with Crippen molar-refractivity contribution < 1.29 is 33.7 Å². The molecule has 3 saturated heterocycles. The fourth-order valence-corrected chi connectivity index (χ4v) is 8.81. The van der Waals surface area contributed by atoms with E-state index in [-0.39, 0.29) is 31.3 Å². The molecule has 5 aromatic rings. The summed E-state index contributed by atoms with van der Waals surface area (Å²) in [5, 5.41) is 18.5. The number of piperidine rings is 1. The molecule has 61 heavy (non-hydrogen) atoms. The number of rotatable bonds is 13. The fourth-order valence-electron chi connectivity index (χ4n) is 8.81. The summed E-state index contributed by atoms with van der Waals surface area (Å²) in [5.74, 6) is -0.418. The van der Waals surface area contributed by atoms with E-state index in [4.69, 9.17) is 14.2 Å². The van der Waals surface area contributed by atoms with Crippen molar-refractivity contribution in [1.82, 2.24) is 20.9 Å². The Hall–Kier alpha value is -6.05. The summed E-state index contributed by atoms with van der Waals surface area (Å²) in [7, 11) is 1.31. The van der Waals surface area contributed by atoms with E-state index in [2.05, 4.69) is 37.9 Å². The van der Waals surface area contributed by atoms with Gasteiger partial charge in [-0.3, -0.25) is 4.79 Å². The zero-order valence-corrected chi connectivity index (χ0v) is 34.4. The lowest BCUT2D eigenvalue weighted by Gasteiger charge is -2.45. The van der Waals surface area contributed by atoms with Gasteiger partial charge in [0.05, 0.1) is 32.6 Å². The van der Waals surface area contributed by atoms with Crippen molar-refractivity contribution in [3.05, 3.63) is 161 Å². The van der Waals surface area contributed by atoms with E-state index in [1.54, 1.807) is 0 Å². The van der Waals surface area contributed by atoms with Gasteiger partial charge < -0.3 is 45.1 Å². The molecule has 0 aromatic heterocycles. The minimum absolute atomic E-state index is 0.0281. The lowest BCUT2D eigenvalue weighted by molar-refractivity contribution is -0.253. The quantitative estimate of drug-likeness (QED) is 0.0993. The SMILES string of the molecule is COC(=O)[C@H](Cc1ccccc1)NC(=O)NCc1ccccc1-c1ccc([C@@H]2O[C@H](CN3CCC4(CC3)C(=O)NCN4c3ccccc3)C[C@H](c3ccc(CO)cc3)O2)cc1. The standard InChI is InChI=1S/C49H53N5O7/c1-59-45(56)43(28-34-10-4-2-5-11-34)52-48(58)50-30-39-12-8-9-15-42(39)36-20-22-38(23-21-36)46-60-41(29-44(61-46)37-18-16-35(32-55)17-19-37)31-53-26-24-49(25-27-53)47(57)51-33-54(49)40-13-6-3-7-14-40/h2-23,41,43-44,46,55H,24-33H2,1H3,(H,51,57)(H2,50,52,58)/t41-,43-,44+,46+/m0/s1. The van der Waals surface area contributed by atoms with Gasteiger partial charge in [0.25, 0.3) is 0 Å². The first kappa shape index (κ1) is 41.7. The number of nitrogens with one attached hydrogen (secondary N) is 3. The van der Waals surface area contributed by atoms with E-state index in [9.17, 15) is 19.5 Å². The average molecular weight is 824 g/mol. The molecule has 0 radical (unpaired) electrons. The number of aliphatic hydroxyl groups is 1. The molecule has 8 rings (SSSR count). The van der Waals surface area contributed by atoms with Gasteiger partial charge in [-0.25, -0.2) is 9.59 Å². The predicted octanol–water partition coefficient (Wildman–Crippen LogP) is 6.40. The summed E-state index contributed by atoms with van der Waals surface area (Å²) in [5.41, 5.74) is 6.97. The van der Waals surface area contributed by atoms with E-state index in [0.717, 1.165) is 70.6 Å². The smallest absolute Gasteiger partial charge is 0.328 e. The van der Waals surface area contributed by atoms with Crippen molar-refractivity contribution in [2.45, 2.75) is 68.9 Å². The van der Waals surface area contributed by atoms with Crippen molar-refractivity contribution in [3.63, 3.8) is 0 Å². The summed E-state index contributed by atoms with van der Waals surface area (Å²) >= 11 is 0. The van der Waals surface area contributed by atoms with E-state index in [1.165, 1.54) is 7.11 Å². The second-order valence-corrected chi connectivity index (χ2v) is 16.0. The van der Waals surface area contributed by atoms with Crippen LogP contribution in [0.5, 0.6) is 0 Å². The molecule has 12 heteroatoms. The Morgan fingerprint density at radius 2 is 1.51 bits per heavy atom. The van der Waals surface area contributed by atoms with Crippen LogP contribution in [0.25, 0.3) is 11.1 Å². The molecular formula is C49H53N5O7. The minimum atomic E-state index is -0.837. The lowest BCUT2D eigenvalue weighted by Crippen LogP contribution is -2.57. The summed E-state index contributed by atoms with van der Waals surface area (Å²) in [6.07, 6.45) is 1.41. The summed E-state index contributed by atoms with van der Waals surface area (Å²) in [6.45, 7) is 2.96. The Balaban J connectivity index is 0.941. The summed E-state index contributed by atoms with van der Waals surface area (Å²) in [4.78, 5) is 43.6. The molecule has 316 valence electrons. The molecule has 12 nitrogen and oxygen atoms in total. The number of carbonyl (C=O) groups excluding carboxylic acids is 3. The molecule has 0 unspecified atom stereocenters. The molecule has 3 heterocycles. The number of ether oxygens (including phenoxy) is 3. The molecule has 3 aliphatic heterocycles. The van der Waals surface area contributed by atoms with E-state index in [1.807, 2.05) is 121 Å². The van der Waals surface area contributed by atoms with Gasteiger partial charge in [0.1, 0.15) is 11.6 Å². The maximum absolute atomic E-state index is 13.3. The van der Waals surface area contributed by atoms with E-state index < -0.39 is 29.9 Å². The van der Waals surface area contributed by atoms with Crippen molar-refractivity contribution in [2.24, 2.45) is 0 Å². The van der Waals surface area contributed by atoms with Gasteiger partial charge in [-0.15, -0.1) is 0 Å². The maximum atomic E-state index is 13.3. The van der Waals surface area contributed by atoms with Crippen molar-refractivity contribution in [3.8, 4) is 11.1 Å². The zero-order valence-electron chi connectivity index (χ0n) is 34.4. The highest BCUT2D eigenvalue weighted by Gasteiger charge is 2.50. The number of likely N-dealkylation sites (tertiary alicyclic amines) is 1. The van der Waals surface area contributed by atoms with Gasteiger partial charge in [-0.1, -0.05) is 121 Å². The van der Waals surface area contributed by atoms with Gasteiger partial charge in [0.2, 0.25) is 5.91 Å². The fraction of sp³-hybridized carbons (Fsp3) is 0.327. The van der Waals surface area contributed by atoms with E-state index in [0.29, 0.717) is 26.1 Å². The van der Waals surface area contributed by atoms with Crippen LogP contribution in [0.3, 0.4) is 0 Å². The molecule has 1 spiro atoms. The Labute approximate surface area is 356 Å². The van der Waals surface area contributed by atoms with Gasteiger partial charge in [-0.2, -0.15) is 0 Å². The number of nitrogens with zero attached hydrogens (tertiary/aromatic N) is 2. The number of esters is 1. The third kappa shape index (κ3) is 9.63. The molecule has 3 amide bonds. The van der Waals surface area contributed by atoms with Crippen LogP contribution in [-0.4, -0.2) is 79.0 Å². The van der Waals surface area contributed by atoms with Crippen molar-refractivity contribution >= 4 is 23.6 Å².